The first-order valence-corrected chi connectivity index (χ1v) is 10.8. The number of amides is 1. The lowest BCUT2D eigenvalue weighted by Gasteiger charge is -2.38. The Kier molecular flexibility index (Phi) is 4.72. The second kappa shape index (κ2) is 7.41. The first kappa shape index (κ1) is 19.1. The van der Waals surface area contributed by atoms with E-state index in [1.807, 2.05) is 18.2 Å². The zero-order valence-electron chi connectivity index (χ0n) is 16.6. The van der Waals surface area contributed by atoms with E-state index in [-0.39, 0.29) is 17.6 Å². The van der Waals surface area contributed by atoms with Crippen LogP contribution in [-0.2, 0) is 29.1 Å². The highest BCUT2D eigenvalue weighted by molar-refractivity contribution is 7.13. The van der Waals surface area contributed by atoms with Crippen molar-refractivity contribution in [1.82, 2.24) is 9.80 Å². The average Bonchev–Trinajstić information content (AvgIpc) is 3.34. The third kappa shape index (κ3) is 3.24. The molecule has 1 aromatic heterocycles. The summed E-state index contributed by atoms with van der Waals surface area (Å²) in [5.74, 6) is -0.348. The molecule has 1 fully saturated rings. The number of thiophene rings is 1. The normalized spacial score (nSPS) is 21.8. The van der Waals surface area contributed by atoms with E-state index in [2.05, 4.69) is 23.1 Å². The average molecular weight is 423 g/mol. The number of carbonyl (C=O) groups is 2. The molecule has 154 valence electrons. The Balaban J connectivity index is 1.27. The van der Waals surface area contributed by atoms with Gasteiger partial charge < -0.3 is 9.84 Å². The molecule has 3 aliphatic heterocycles. The highest BCUT2D eigenvalue weighted by Gasteiger charge is 2.48. The third-order valence-electron chi connectivity index (χ3n) is 5.98. The van der Waals surface area contributed by atoms with Crippen LogP contribution in [0, 0.1) is 0 Å². The number of benzene rings is 1. The van der Waals surface area contributed by atoms with Crippen LogP contribution in [0.4, 0.5) is 0 Å². The van der Waals surface area contributed by atoms with Gasteiger partial charge in [0.15, 0.2) is 0 Å². The summed E-state index contributed by atoms with van der Waals surface area (Å²) in [7, 11) is 1.67. The molecule has 0 aliphatic carbocycles. The molecule has 2 aromatic rings. The molecule has 1 saturated heterocycles. The second-order valence-corrected chi connectivity index (χ2v) is 9.00. The fourth-order valence-electron chi connectivity index (χ4n) is 4.44. The van der Waals surface area contributed by atoms with Crippen LogP contribution in [0.2, 0.25) is 0 Å². The van der Waals surface area contributed by atoms with Gasteiger partial charge in [0, 0.05) is 35.0 Å². The molecule has 1 amide bonds. The summed E-state index contributed by atoms with van der Waals surface area (Å²) < 4.78 is 5.23. The molecule has 4 heterocycles. The van der Waals surface area contributed by atoms with E-state index < -0.39 is 5.97 Å². The minimum Gasteiger partial charge on any atom is -0.497 e. The van der Waals surface area contributed by atoms with Gasteiger partial charge in [-0.25, -0.2) is 4.79 Å². The number of carboxylic acids is 1. The van der Waals surface area contributed by atoms with Crippen LogP contribution < -0.4 is 4.74 Å². The highest BCUT2D eigenvalue weighted by Crippen LogP contribution is 2.40. The van der Waals surface area contributed by atoms with Gasteiger partial charge in [-0.2, -0.15) is 0 Å². The number of β-lactam (4-membered cyclic amide) rings is 1. The summed E-state index contributed by atoms with van der Waals surface area (Å²) in [5, 5.41) is 9.21. The van der Waals surface area contributed by atoms with Gasteiger partial charge in [0.2, 0.25) is 0 Å². The Labute approximate surface area is 178 Å². The third-order valence-corrected chi connectivity index (χ3v) is 7.16. The number of rotatable bonds is 5. The van der Waals surface area contributed by atoms with E-state index in [4.69, 9.17) is 4.74 Å². The Morgan fingerprint density at radius 2 is 2.13 bits per heavy atom. The Morgan fingerprint density at radius 3 is 2.87 bits per heavy atom. The van der Waals surface area contributed by atoms with Crippen molar-refractivity contribution in [2.75, 3.05) is 13.7 Å². The van der Waals surface area contributed by atoms with Crippen LogP contribution >= 0.6 is 11.3 Å². The highest BCUT2D eigenvalue weighted by atomic mass is 32.1. The molecule has 0 bridgehead atoms. The maximum absolute atomic E-state index is 12.4. The second-order valence-electron chi connectivity index (χ2n) is 7.83. The van der Waals surface area contributed by atoms with Gasteiger partial charge in [-0.3, -0.25) is 14.6 Å². The zero-order valence-corrected chi connectivity index (χ0v) is 17.4. The lowest BCUT2D eigenvalue weighted by Crippen LogP contribution is -2.52. The molecular formula is C23H22N2O4S. The number of nitrogens with zero attached hydrogens (tertiary/aromatic N) is 2. The van der Waals surface area contributed by atoms with E-state index in [1.54, 1.807) is 24.5 Å². The van der Waals surface area contributed by atoms with Crippen molar-refractivity contribution in [3.63, 3.8) is 0 Å². The first-order chi connectivity index (χ1) is 14.5. The lowest BCUT2D eigenvalue weighted by atomic mass is 9.94. The number of methoxy groups -OCH3 is 1. The molecule has 1 N–H and O–H groups in total. The zero-order chi connectivity index (χ0) is 20.8. The van der Waals surface area contributed by atoms with Crippen LogP contribution in [0.5, 0.6) is 5.75 Å². The molecule has 6 nitrogen and oxygen atoms in total. The van der Waals surface area contributed by atoms with Crippen molar-refractivity contribution >= 4 is 29.3 Å². The minimum atomic E-state index is -1.03. The van der Waals surface area contributed by atoms with E-state index in [0.29, 0.717) is 6.42 Å². The van der Waals surface area contributed by atoms with E-state index in [0.717, 1.165) is 42.3 Å². The largest absolute Gasteiger partial charge is 0.497 e. The van der Waals surface area contributed by atoms with Crippen LogP contribution in [0.15, 0.2) is 47.7 Å². The summed E-state index contributed by atoms with van der Waals surface area (Å²) in [6, 6.07) is 10.3. The molecule has 1 unspecified atom stereocenters. The standard InChI is InChI=1S/C23H22N2O4S/c1-29-16-4-2-14(3-5-16)12-24-9-8-21-15(13-24)10-17(30-21)11-18-19-6-7-20(23(27)28)25(19)22(18)26/h2-5,7,10-11,19H,6,8-9,12-13H2,1H3,(H,27,28). The predicted octanol–water partition coefficient (Wildman–Crippen LogP) is 3.28. The predicted molar refractivity (Wildman–Crippen MR) is 114 cm³/mol. The lowest BCUT2D eigenvalue weighted by molar-refractivity contribution is -0.142. The molecular weight excluding hydrogens is 400 g/mol. The number of carbonyl (C=O) groups excluding carboxylic acids is 1. The number of hydrogen-bond acceptors (Lipinski definition) is 5. The molecule has 0 spiro atoms. The molecule has 1 atom stereocenters. The number of fused-ring (bicyclic) bond motifs is 2. The molecule has 0 saturated carbocycles. The van der Waals surface area contributed by atoms with Crippen LogP contribution in [-0.4, -0.2) is 46.5 Å². The Bertz CT molecular complexity index is 1080. The maximum Gasteiger partial charge on any atom is 0.352 e. The van der Waals surface area contributed by atoms with Crippen molar-refractivity contribution in [1.29, 1.82) is 0 Å². The van der Waals surface area contributed by atoms with Gasteiger partial charge in [-0.1, -0.05) is 18.2 Å². The quantitative estimate of drug-likeness (QED) is 0.592. The number of carboxylic acid groups (broad SMARTS) is 1. The van der Waals surface area contributed by atoms with Crippen molar-refractivity contribution in [2.24, 2.45) is 0 Å². The molecule has 0 radical (unpaired) electrons. The number of ether oxygens (including phenoxy) is 1. The van der Waals surface area contributed by atoms with E-state index in [9.17, 15) is 14.7 Å². The molecule has 30 heavy (non-hydrogen) atoms. The van der Waals surface area contributed by atoms with E-state index in [1.165, 1.54) is 20.9 Å². The molecule has 3 aliphatic rings. The fourth-order valence-corrected chi connectivity index (χ4v) is 5.56. The van der Waals surface area contributed by atoms with Gasteiger partial charge in [0.1, 0.15) is 11.4 Å². The van der Waals surface area contributed by atoms with Crippen molar-refractivity contribution in [3.05, 3.63) is 68.6 Å². The summed E-state index contributed by atoms with van der Waals surface area (Å²) in [4.78, 5) is 30.0. The van der Waals surface area contributed by atoms with Crippen molar-refractivity contribution < 1.29 is 19.4 Å². The van der Waals surface area contributed by atoms with Crippen molar-refractivity contribution in [3.8, 4) is 5.75 Å². The Hall–Kier alpha value is -2.90. The SMILES string of the molecule is COc1ccc(CN2CCc3sc(C=C4C(=O)N5C(C(=O)O)=CCC45)cc3C2)cc1. The van der Waals surface area contributed by atoms with Crippen LogP contribution in [0.1, 0.15) is 27.3 Å². The van der Waals surface area contributed by atoms with E-state index >= 15 is 0 Å². The molecule has 5 rings (SSSR count). The summed E-state index contributed by atoms with van der Waals surface area (Å²) in [6.07, 6.45) is 5.19. The van der Waals surface area contributed by atoms with Crippen LogP contribution in [0.25, 0.3) is 6.08 Å². The fraction of sp³-hybridized carbons (Fsp3) is 0.304. The van der Waals surface area contributed by atoms with Crippen LogP contribution in [0.3, 0.4) is 0 Å². The van der Waals surface area contributed by atoms with Gasteiger partial charge in [0.25, 0.3) is 5.91 Å². The number of hydrogen-bond donors (Lipinski definition) is 1. The molecule has 7 heteroatoms. The van der Waals surface area contributed by atoms with Gasteiger partial charge in [-0.15, -0.1) is 11.3 Å². The monoisotopic (exact) mass is 422 g/mol. The minimum absolute atomic E-state index is 0.113. The topological polar surface area (TPSA) is 70.1 Å². The first-order valence-electron chi connectivity index (χ1n) is 9.99. The smallest absolute Gasteiger partial charge is 0.352 e. The maximum atomic E-state index is 12.4. The summed E-state index contributed by atoms with van der Waals surface area (Å²) >= 11 is 1.75. The van der Waals surface area contributed by atoms with Gasteiger partial charge in [-0.05, 0) is 48.2 Å². The van der Waals surface area contributed by atoms with Crippen molar-refractivity contribution in [2.45, 2.75) is 32.0 Å². The summed E-state index contributed by atoms with van der Waals surface area (Å²) in [5.41, 5.74) is 3.42. The number of aliphatic carboxylic acids is 1. The van der Waals surface area contributed by atoms with Gasteiger partial charge >= 0.3 is 5.97 Å². The van der Waals surface area contributed by atoms with Gasteiger partial charge in [0.05, 0.1) is 13.2 Å². The summed E-state index contributed by atoms with van der Waals surface area (Å²) in [6.45, 7) is 2.81. The molecule has 1 aromatic carbocycles. The Morgan fingerprint density at radius 1 is 1.33 bits per heavy atom.